The van der Waals surface area contributed by atoms with Gasteiger partial charge in [0, 0.05) is 23.3 Å². The normalized spacial score (nSPS) is 18.2. The summed E-state index contributed by atoms with van der Waals surface area (Å²) in [5.41, 5.74) is 9.43. The molecule has 1 amide bonds. The Kier molecular flexibility index (Phi) is 5.59. The maximum absolute atomic E-state index is 12.2. The fraction of sp³-hybridized carbons (Fsp3) is 0.417. The monoisotopic (exact) mass is 377 g/mol. The highest BCUT2D eigenvalue weighted by molar-refractivity contribution is 5.95. The van der Waals surface area contributed by atoms with Crippen LogP contribution >= 0.6 is 0 Å². The number of nitrogens with one attached hydrogen (secondary N) is 1. The van der Waals surface area contributed by atoms with Crippen molar-refractivity contribution >= 4 is 17.8 Å². The molecular weight excluding hydrogens is 346 g/mol. The molecule has 0 unspecified atom stereocenters. The molecule has 1 N–H and O–H groups in total. The highest BCUT2D eigenvalue weighted by atomic mass is 16.2. The molecule has 0 fully saturated rings. The standard InChI is InChI=1S/C24H31N3O/c1-7-27-22-12-17(3)20(13-21(22)18(4)14-24(27,5)6)15-25-26-23(28)19-10-8-16(2)9-11-19/h8-13,15,18H,7,14H2,1-6H3,(H,26,28)/b25-15-/t18-/m1/s1. The number of hydrazone groups is 1. The summed E-state index contributed by atoms with van der Waals surface area (Å²) in [6.45, 7) is 14.2. The molecule has 0 aromatic heterocycles. The van der Waals surface area contributed by atoms with Gasteiger partial charge in [0.05, 0.1) is 6.21 Å². The Bertz CT molecular complexity index is 897. The number of nitrogens with zero attached hydrogens (tertiary/aromatic N) is 2. The second-order valence-corrected chi connectivity index (χ2v) is 8.49. The third-order valence-electron chi connectivity index (χ3n) is 5.77. The van der Waals surface area contributed by atoms with E-state index in [2.05, 4.69) is 62.2 Å². The van der Waals surface area contributed by atoms with Crippen LogP contribution in [0.3, 0.4) is 0 Å². The number of hydrogen-bond acceptors (Lipinski definition) is 3. The van der Waals surface area contributed by atoms with Crippen LogP contribution in [0.1, 0.15) is 72.6 Å². The van der Waals surface area contributed by atoms with Crippen LogP contribution < -0.4 is 10.3 Å². The van der Waals surface area contributed by atoms with Crippen molar-refractivity contribution in [2.45, 2.75) is 59.4 Å². The van der Waals surface area contributed by atoms with Crippen LogP contribution in [0.2, 0.25) is 0 Å². The number of aryl methyl sites for hydroxylation is 2. The minimum Gasteiger partial charge on any atom is -0.366 e. The van der Waals surface area contributed by atoms with Crippen molar-refractivity contribution in [3.8, 4) is 0 Å². The number of benzene rings is 2. The zero-order valence-corrected chi connectivity index (χ0v) is 17.8. The molecule has 1 heterocycles. The van der Waals surface area contributed by atoms with Gasteiger partial charge in [-0.05, 0) is 87.9 Å². The fourth-order valence-corrected chi connectivity index (χ4v) is 4.32. The van der Waals surface area contributed by atoms with E-state index in [4.69, 9.17) is 0 Å². The molecule has 0 saturated heterocycles. The van der Waals surface area contributed by atoms with Gasteiger partial charge in [0.25, 0.3) is 5.91 Å². The van der Waals surface area contributed by atoms with E-state index in [1.165, 1.54) is 11.3 Å². The first-order valence-electron chi connectivity index (χ1n) is 10.0. The van der Waals surface area contributed by atoms with Gasteiger partial charge in [0.15, 0.2) is 0 Å². The van der Waals surface area contributed by atoms with Gasteiger partial charge in [0.1, 0.15) is 0 Å². The number of carbonyl (C=O) groups is 1. The maximum Gasteiger partial charge on any atom is 0.271 e. The number of rotatable bonds is 4. The van der Waals surface area contributed by atoms with E-state index in [1.54, 1.807) is 6.21 Å². The first-order valence-corrected chi connectivity index (χ1v) is 10.0. The summed E-state index contributed by atoms with van der Waals surface area (Å²) < 4.78 is 0. The van der Waals surface area contributed by atoms with E-state index in [-0.39, 0.29) is 11.4 Å². The van der Waals surface area contributed by atoms with Gasteiger partial charge in [0.2, 0.25) is 0 Å². The summed E-state index contributed by atoms with van der Waals surface area (Å²) in [4.78, 5) is 14.7. The highest BCUT2D eigenvalue weighted by Crippen LogP contribution is 2.43. The van der Waals surface area contributed by atoms with E-state index >= 15 is 0 Å². The zero-order valence-electron chi connectivity index (χ0n) is 17.8. The first kappa shape index (κ1) is 20.1. The molecule has 148 valence electrons. The molecule has 3 rings (SSSR count). The van der Waals surface area contributed by atoms with Crippen molar-refractivity contribution in [3.05, 3.63) is 64.2 Å². The molecule has 1 atom stereocenters. The quantitative estimate of drug-likeness (QED) is 0.589. The Morgan fingerprint density at radius 2 is 1.93 bits per heavy atom. The Morgan fingerprint density at radius 3 is 2.57 bits per heavy atom. The summed E-state index contributed by atoms with van der Waals surface area (Å²) in [7, 11) is 0. The highest BCUT2D eigenvalue weighted by Gasteiger charge is 2.35. The summed E-state index contributed by atoms with van der Waals surface area (Å²) >= 11 is 0. The van der Waals surface area contributed by atoms with E-state index in [0.717, 1.165) is 29.7 Å². The van der Waals surface area contributed by atoms with Crippen LogP contribution in [0.5, 0.6) is 0 Å². The van der Waals surface area contributed by atoms with Crippen molar-refractivity contribution in [2.75, 3.05) is 11.4 Å². The molecule has 0 radical (unpaired) electrons. The Balaban J connectivity index is 1.82. The summed E-state index contributed by atoms with van der Waals surface area (Å²) in [6.07, 6.45) is 2.88. The summed E-state index contributed by atoms with van der Waals surface area (Å²) in [5, 5.41) is 4.20. The SMILES string of the molecule is CCN1c2cc(C)c(/C=N\NC(=O)c3ccc(C)cc3)cc2[C@H](C)CC1(C)C. The first-order chi connectivity index (χ1) is 13.2. The average molecular weight is 378 g/mol. The average Bonchev–Trinajstić information content (AvgIpc) is 2.62. The van der Waals surface area contributed by atoms with Gasteiger partial charge in [-0.15, -0.1) is 0 Å². The van der Waals surface area contributed by atoms with Gasteiger partial charge in [-0.2, -0.15) is 5.10 Å². The number of hydrogen-bond donors (Lipinski definition) is 1. The molecule has 4 heteroatoms. The number of amides is 1. The Labute approximate surface area is 168 Å². The van der Waals surface area contributed by atoms with Crippen molar-refractivity contribution in [3.63, 3.8) is 0 Å². The van der Waals surface area contributed by atoms with Crippen LogP contribution in [0.15, 0.2) is 41.5 Å². The van der Waals surface area contributed by atoms with Crippen LogP contribution in [-0.4, -0.2) is 24.2 Å². The lowest BCUT2D eigenvalue weighted by atomic mass is 9.79. The molecule has 0 spiro atoms. The molecule has 0 saturated carbocycles. The second-order valence-electron chi connectivity index (χ2n) is 8.49. The van der Waals surface area contributed by atoms with Gasteiger partial charge in [-0.3, -0.25) is 4.79 Å². The fourth-order valence-electron chi connectivity index (χ4n) is 4.32. The van der Waals surface area contributed by atoms with Gasteiger partial charge >= 0.3 is 0 Å². The topological polar surface area (TPSA) is 44.7 Å². The Morgan fingerprint density at radius 1 is 1.25 bits per heavy atom. The van der Waals surface area contributed by atoms with Crippen LogP contribution in [0.4, 0.5) is 5.69 Å². The third kappa shape index (κ3) is 3.96. The van der Waals surface area contributed by atoms with Crippen molar-refractivity contribution in [1.29, 1.82) is 0 Å². The minimum atomic E-state index is -0.195. The smallest absolute Gasteiger partial charge is 0.271 e. The second kappa shape index (κ2) is 7.78. The lowest BCUT2D eigenvalue weighted by molar-refractivity contribution is 0.0955. The van der Waals surface area contributed by atoms with E-state index in [0.29, 0.717) is 11.5 Å². The summed E-state index contributed by atoms with van der Waals surface area (Å²) in [6, 6.07) is 12.0. The van der Waals surface area contributed by atoms with Crippen molar-refractivity contribution in [2.24, 2.45) is 5.10 Å². The molecule has 0 aliphatic carbocycles. The van der Waals surface area contributed by atoms with Gasteiger partial charge < -0.3 is 4.90 Å². The molecule has 4 nitrogen and oxygen atoms in total. The van der Waals surface area contributed by atoms with E-state index in [9.17, 15) is 4.79 Å². The molecule has 1 aliphatic rings. The van der Waals surface area contributed by atoms with Gasteiger partial charge in [-0.25, -0.2) is 5.43 Å². The number of anilines is 1. The van der Waals surface area contributed by atoms with Crippen LogP contribution in [0, 0.1) is 13.8 Å². The molecular formula is C24H31N3O. The predicted octanol–water partition coefficient (Wildman–Crippen LogP) is 5.18. The molecule has 0 bridgehead atoms. The lowest BCUT2D eigenvalue weighted by Crippen LogP contribution is -2.48. The van der Waals surface area contributed by atoms with Gasteiger partial charge in [-0.1, -0.05) is 24.6 Å². The molecule has 2 aromatic rings. The van der Waals surface area contributed by atoms with Crippen molar-refractivity contribution < 1.29 is 4.79 Å². The molecule has 28 heavy (non-hydrogen) atoms. The number of fused-ring (bicyclic) bond motifs is 1. The number of carbonyl (C=O) groups excluding carboxylic acids is 1. The van der Waals surface area contributed by atoms with Crippen LogP contribution in [0.25, 0.3) is 0 Å². The maximum atomic E-state index is 12.2. The third-order valence-corrected chi connectivity index (χ3v) is 5.77. The zero-order chi connectivity index (χ0) is 20.5. The predicted molar refractivity (Wildman–Crippen MR) is 118 cm³/mol. The summed E-state index contributed by atoms with van der Waals surface area (Å²) in [5.74, 6) is 0.293. The minimum absolute atomic E-state index is 0.158. The van der Waals surface area contributed by atoms with Crippen LogP contribution in [-0.2, 0) is 0 Å². The molecule has 2 aromatic carbocycles. The lowest BCUT2D eigenvalue weighted by Gasteiger charge is -2.47. The van der Waals surface area contributed by atoms with E-state index < -0.39 is 0 Å². The van der Waals surface area contributed by atoms with Crippen molar-refractivity contribution in [1.82, 2.24) is 5.43 Å². The largest absolute Gasteiger partial charge is 0.366 e. The molecule has 1 aliphatic heterocycles. The Hall–Kier alpha value is -2.62. The van der Waals surface area contributed by atoms with E-state index in [1.807, 2.05) is 31.2 Å².